The van der Waals surface area contributed by atoms with E-state index in [9.17, 15) is 4.79 Å². The Morgan fingerprint density at radius 2 is 1.65 bits per heavy atom. The van der Waals surface area contributed by atoms with E-state index in [-0.39, 0.29) is 5.97 Å². The fourth-order valence-corrected chi connectivity index (χ4v) is 2.39. The van der Waals surface area contributed by atoms with Gasteiger partial charge in [0, 0.05) is 11.4 Å². The van der Waals surface area contributed by atoms with E-state index < -0.39 is 0 Å². The minimum atomic E-state index is -0.218. The largest absolute Gasteiger partial charge is 0.462 e. The highest BCUT2D eigenvalue weighted by atomic mass is 127. The molecule has 0 N–H and O–H groups in total. The maximum Gasteiger partial charge on any atom is 0.302 e. The first-order chi connectivity index (χ1) is 9.45. The van der Waals surface area contributed by atoms with Crippen LogP contribution in [0.1, 0.15) is 53.4 Å². The number of esters is 1. The summed E-state index contributed by atoms with van der Waals surface area (Å²) in [4.78, 5) is 10.7. The normalized spacial score (nSPS) is 12.2. The maximum atomic E-state index is 10.7. The molecular weight excluding hydrogens is 363 g/mol. The molecule has 20 heavy (non-hydrogen) atoms. The van der Waals surface area contributed by atoms with Crippen LogP contribution in [-0.2, 0) is 9.53 Å². The number of carbonyl (C=O) groups excluding carboxylic acids is 1. The van der Waals surface area contributed by atoms with Gasteiger partial charge < -0.3 is 4.74 Å². The summed E-state index contributed by atoms with van der Waals surface area (Å²) in [5.41, 5.74) is 4.19. The van der Waals surface area contributed by atoms with Crippen LogP contribution in [0, 0.1) is 0 Å². The van der Waals surface area contributed by atoms with E-state index in [1.54, 1.807) is 0 Å². The summed E-state index contributed by atoms with van der Waals surface area (Å²) < 4.78 is 5.93. The summed E-state index contributed by atoms with van der Waals surface area (Å²) in [6.07, 6.45) is 11.0. The molecular formula is C17H27IO2. The Morgan fingerprint density at radius 1 is 1.00 bits per heavy atom. The molecule has 3 heteroatoms. The molecule has 0 unspecified atom stereocenters. The van der Waals surface area contributed by atoms with Gasteiger partial charge in [0.15, 0.2) is 0 Å². The molecule has 0 bridgehead atoms. The molecule has 0 amide bonds. The summed E-state index contributed by atoms with van der Waals surface area (Å²) in [5.74, 6) is -0.218. The second-order valence-electron chi connectivity index (χ2n) is 5.21. The number of ether oxygens (including phenoxy) is 1. The predicted octanol–water partition coefficient (Wildman–Crippen LogP) is 5.38. The van der Waals surface area contributed by atoms with Crippen LogP contribution >= 0.6 is 22.6 Å². The van der Waals surface area contributed by atoms with E-state index in [0.29, 0.717) is 6.61 Å². The number of carbonyl (C=O) groups is 1. The summed E-state index contributed by atoms with van der Waals surface area (Å²) in [6.45, 7) is 8.32. The molecule has 0 aliphatic carbocycles. The van der Waals surface area contributed by atoms with Crippen molar-refractivity contribution in [1.82, 2.24) is 0 Å². The highest BCUT2D eigenvalue weighted by molar-refractivity contribution is 14.1. The van der Waals surface area contributed by atoms with Gasteiger partial charge in [-0.2, -0.15) is 0 Å². The molecule has 0 aliphatic heterocycles. The van der Waals surface area contributed by atoms with Gasteiger partial charge >= 0.3 is 5.97 Å². The van der Waals surface area contributed by atoms with Gasteiger partial charge in [0.05, 0.1) is 0 Å². The molecule has 0 aliphatic rings. The van der Waals surface area contributed by atoms with Crippen molar-refractivity contribution in [3.63, 3.8) is 0 Å². The van der Waals surface area contributed by atoms with Gasteiger partial charge in [-0.15, -0.1) is 0 Å². The lowest BCUT2D eigenvalue weighted by Crippen LogP contribution is -1.99. The van der Waals surface area contributed by atoms with E-state index in [0.717, 1.165) is 30.1 Å². The molecule has 0 aromatic rings. The average Bonchev–Trinajstić information content (AvgIpc) is 2.36. The van der Waals surface area contributed by atoms with E-state index >= 15 is 0 Å². The van der Waals surface area contributed by atoms with E-state index in [1.807, 2.05) is 6.08 Å². The van der Waals surface area contributed by atoms with Crippen molar-refractivity contribution in [2.45, 2.75) is 53.4 Å². The van der Waals surface area contributed by atoms with Crippen molar-refractivity contribution in [2.24, 2.45) is 0 Å². The quantitative estimate of drug-likeness (QED) is 0.229. The molecule has 2 nitrogen and oxygen atoms in total. The first-order valence-corrected chi connectivity index (χ1v) is 8.64. The summed E-state index contributed by atoms with van der Waals surface area (Å²) >= 11 is 2.36. The molecule has 0 heterocycles. The summed E-state index contributed by atoms with van der Waals surface area (Å²) in [6, 6.07) is 0. The van der Waals surface area contributed by atoms with E-state index in [1.165, 1.54) is 23.6 Å². The maximum absolute atomic E-state index is 10.7. The topological polar surface area (TPSA) is 26.3 Å². The third-order valence-electron chi connectivity index (χ3n) is 2.88. The lowest BCUT2D eigenvalue weighted by atomic mass is 10.1. The van der Waals surface area contributed by atoms with Gasteiger partial charge in [0.1, 0.15) is 6.61 Å². The smallest absolute Gasteiger partial charge is 0.302 e. The lowest BCUT2D eigenvalue weighted by molar-refractivity contribution is -0.139. The number of allylic oxidation sites excluding steroid dienone is 5. The molecule has 0 radical (unpaired) electrons. The standard InChI is InChI=1S/C17H27IO2/c1-14(2)7-5-8-15(3)9-6-10-17(13-18)11-12-20-16(4)19/h7,9,11H,5-6,8,10,12-13H2,1-4H3/b15-9+,17-11?. The first-order valence-electron chi connectivity index (χ1n) is 7.12. The van der Waals surface area contributed by atoms with Gasteiger partial charge in [-0.3, -0.25) is 4.79 Å². The Morgan fingerprint density at radius 3 is 2.20 bits per heavy atom. The van der Waals surface area contributed by atoms with Crippen molar-refractivity contribution in [2.75, 3.05) is 11.0 Å². The highest BCUT2D eigenvalue weighted by Gasteiger charge is 1.96. The van der Waals surface area contributed by atoms with E-state index in [2.05, 4.69) is 55.5 Å². The predicted molar refractivity (Wildman–Crippen MR) is 95.3 cm³/mol. The summed E-state index contributed by atoms with van der Waals surface area (Å²) in [5, 5.41) is 0. The zero-order valence-electron chi connectivity index (χ0n) is 13.2. The first kappa shape index (κ1) is 19.4. The van der Waals surface area contributed by atoms with Crippen LogP contribution in [0.3, 0.4) is 0 Å². The van der Waals surface area contributed by atoms with Crippen molar-refractivity contribution in [3.8, 4) is 0 Å². The average molecular weight is 390 g/mol. The van der Waals surface area contributed by atoms with Crippen LogP contribution < -0.4 is 0 Å². The Balaban J connectivity index is 4.04. The number of hydrogen-bond acceptors (Lipinski definition) is 2. The zero-order chi connectivity index (χ0) is 15.4. The molecule has 0 saturated carbocycles. The van der Waals surface area contributed by atoms with Crippen molar-refractivity contribution in [1.29, 1.82) is 0 Å². The fraction of sp³-hybridized carbons (Fsp3) is 0.588. The molecule has 0 spiro atoms. The van der Waals surface area contributed by atoms with Crippen LogP contribution in [0.2, 0.25) is 0 Å². The van der Waals surface area contributed by atoms with Gasteiger partial charge in [-0.25, -0.2) is 0 Å². The third kappa shape index (κ3) is 12.5. The van der Waals surface area contributed by atoms with Crippen molar-refractivity contribution < 1.29 is 9.53 Å². The van der Waals surface area contributed by atoms with Crippen LogP contribution in [0.25, 0.3) is 0 Å². The molecule has 114 valence electrons. The summed E-state index contributed by atoms with van der Waals surface area (Å²) in [7, 11) is 0. The number of alkyl halides is 1. The van der Waals surface area contributed by atoms with Crippen LogP contribution in [0.4, 0.5) is 0 Å². The Bertz CT molecular complexity index is 374. The Hall–Kier alpha value is -0.580. The Kier molecular flexibility index (Phi) is 11.8. The molecule has 0 aromatic carbocycles. The lowest BCUT2D eigenvalue weighted by Gasteiger charge is -2.04. The van der Waals surface area contributed by atoms with Crippen LogP contribution in [-0.4, -0.2) is 17.0 Å². The second kappa shape index (κ2) is 12.2. The molecule has 0 rings (SSSR count). The van der Waals surface area contributed by atoms with E-state index in [4.69, 9.17) is 4.74 Å². The SMILES string of the molecule is CC(=O)OCC=C(CI)CC/C=C(\C)CCC=C(C)C. The molecule has 0 aromatic heterocycles. The highest BCUT2D eigenvalue weighted by Crippen LogP contribution is 2.13. The Labute approximate surface area is 137 Å². The van der Waals surface area contributed by atoms with Crippen LogP contribution in [0.5, 0.6) is 0 Å². The zero-order valence-corrected chi connectivity index (χ0v) is 15.3. The van der Waals surface area contributed by atoms with Gasteiger partial charge in [0.2, 0.25) is 0 Å². The minimum Gasteiger partial charge on any atom is -0.462 e. The molecule has 0 fully saturated rings. The third-order valence-corrected chi connectivity index (χ3v) is 3.86. The second-order valence-corrected chi connectivity index (χ2v) is 5.97. The van der Waals surface area contributed by atoms with Crippen molar-refractivity contribution >= 4 is 28.6 Å². The number of rotatable bonds is 9. The van der Waals surface area contributed by atoms with Gasteiger partial charge in [-0.05, 0) is 52.5 Å². The van der Waals surface area contributed by atoms with Crippen molar-refractivity contribution in [3.05, 3.63) is 34.9 Å². The van der Waals surface area contributed by atoms with Gasteiger partial charge in [0.25, 0.3) is 0 Å². The fourth-order valence-electron chi connectivity index (χ4n) is 1.69. The number of halogens is 1. The molecule has 0 atom stereocenters. The van der Waals surface area contributed by atoms with Gasteiger partial charge in [-0.1, -0.05) is 51.5 Å². The number of hydrogen-bond donors (Lipinski definition) is 0. The molecule has 0 saturated heterocycles. The van der Waals surface area contributed by atoms with Crippen LogP contribution in [0.15, 0.2) is 34.9 Å². The monoisotopic (exact) mass is 390 g/mol. The minimum absolute atomic E-state index is 0.218.